The summed E-state index contributed by atoms with van der Waals surface area (Å²) in [6.07, 6.45) is 3.93. The maximum absolute atomic E-state index is 13.7. The highest BCUT2D eigenvalue weighted by molar-refractivity contribution is 7.92. The van der Waals surface area contributed by atoms with Gasteiger partial charge in [-0.25, -0.2) is 8.42 Å². The molecule has 2 aromatic rings. The third-order valence-electron chi connectivity index (χ3n) is 6.98. The van der Waals surface area contributed by atoms with Crippen molar-refractivity contribution in [3.05, 3.63) is 70.8 Å². The van der Waals surface area contributed by atoms with Crippen molar-refractivity contribution >= 4 is 27.1 Å². The standard InChI is InChI=1S/C25H25NO4S/c1-16-4-7-18(8-5-16)31(28,29)26-15-21-19(20-9-6-17(30-3)14-23(20)26)12-13-25(2)22(21)10-11-24(25)27/h4-10,14H,11-13,15H2,1-3H3/t25-/m0/s1. The van der Waals surface area contributed by atoms with Crippen molar-refractivity contribution in [3.63, 3.8) is 0 Å². The van der Waals surface area contributed by atoms with Crippen LogP contribution >= 0.6 is 0 Å². The number of allylic oxidation sites excluding steroid dienone is 2. The minimum absolute atomic E-state index is 0.223. The topological polar surface area (TPSA) is 63.7 Å². The number of ketones is 1. The van der Waals surface area contributed by atoms with E-state index in [2.05, 4.69) is 0 Å². The Labute approximate surface area is 183 Å². The number of carbonyl (C=O) groups is 1. The second-order valence-corrected chi connectivity index (χ2v) is 10.6. The van der Waals surface area contributed by atoms with Gasteiger partial charge in [0, 0.05) is 18.1 Å². The fourth-order valence-electron chi connectivity index (χ4n) is 5.07. The molecule has 160 valence electrons. The molecule has 5 rings (SSSR count). The molecule has 0 bridgehead atoms. The monoisotopic (exact) mass is 435 g/mol. The Hall–Kier alpha value is -2.86. The van der Waals surface area contributed by atoms with Gasteiger partial charge in [0.1, 0.15) is 11.5 Å². The van der Waals surface area contributed by atoms with Crippen LogP contribution in [0, 0.1) is 12.3 Å². The molecule has 3 aliphatic rings. The molecular weight excluding hydrogens is 410 g/mol. The van der Waals surface area contributed by atoms with Gasteiger partial charge in [-0.2, -0.15) is 0 Å². The normalized spacial score (nSPS) is 22.6. The van der Waals surface area contributed by atoms with Gasteiger partial charge in [-0.05, 0) is 67.7 Å². The number of methoxy groups -OCH3 is 1. The van der Waals surface area contributed by atoms with Crippen LogP contribution in [0.4, 0.5) is 5.69 Å². The predicted molar refractivity (Wildman–Crippen MR) is 121 cm³/mol. The van der Waals surface area contributed by atoms with Crippen molar-refractivity contribution in [3.8, 4) is 5.75 Å². The molecule has 1 aliphatic heterocycles. The van der Waals surface area contributed by atoms with Gasteiger partial charge in [-0.15, -0.1) is 0 Å². The second kappa shape index (κ2) is 6.82. The molecule has 1 atom stereocenters. The first-order valence-corrected chi connectivity index (χ1v) is 11.9. The third kappa shape index (κ3) is 2.88. The van der Waals surface area contributed by atoms with Crippen LogP contribution in [0.3, 0.4) is 0 Å². The highest BCUT2D eigenvalue weighted by Crippen LogP contribution is 2.54. The Kier molecular flexibility index (Phi) is 4.42. The van der Waals surface area contributed by atoms with Crippen LogP contribution < -0.4 is 9.04 Å². The molecule has 5 nitrogen and oxygen atoms in total. The molecule has 31 heavy (non-hydrogen) atoms. The molecular formula is C25H25NO4S. The first kappa shape index (κ1) is 20.1. The van der Waals surface area contributed by atoms with E-state index in [-0.39, 0.29) is 17.2 Å². The lowest BCUT2D eigenvalue weighted by atomic mass is 9.67. The number of carbonyl (C=O) groups excluding carboxylic acids is 1. The Morgan fingerprint density at radius 3 is 2.52 bits per heavy atom. The Bertz CT molecular complexity index is 1270. The van der Waals surface area contributed by atoms with E-state index in [1.165, 1.54) is 4.31 Å². The quantitative estimate of drug-likeness (QED) is 0.703. The van der Waals surface area contributed by atoms with Gasteiger partial charge in [0.25, 0.3) is 10.0 Å². The van der Waals surface area contributed by atoms with E-state index in [9.17, 15) is 13.2 Å². The van der Waals surface area contributed by atoms with E-state index >= 15 is 0 Å². The lowest BCUT2D eigenvalue weighted by molar-refractivity contribution is -0.124. The smallest absolute Gasteiger partial charge is 0.264 e. The Morgan fingerprint density at radius 1 is 1.06 bits per heavy atom. The molecule has 0 aromatic heterocycles. The Morgan fingerprint density at radius 2 is 1.81 bits per heavy atom. The highest BCUT2D eigenvalue weighted by Gasteiger charge is 2.47. The van der Waals surface area contributed by atoms with E-state index < -0.39 is 15.4 Å². The van der Waals surface area contributed by atoms with E-state index in [1.807, 2.05) is 44.2 Å². The van der Waals surface area contributed by atoms with Gasteiger partial charge in [0.05, 0.1) is 29.7 Å². The molecule has 0 spiro atoms. The fourth-order valence-corrected chi connectivity index (χ4v) is 6.52. The number of rotatable bonds is 3. The molecule has 0 fully saturated rings. The van der Waals surface area contributed by atoms with Gasteiger partial charge in [-0.1, -0.05) is 23.8 Å². The number of ether oxygens (including phenoxy) is 1. The fraction of sp³-hybridized carbons (Fsp3) is 0.320. The first-order chi connectivity index (χ1) is 14.8. The number of hydrogen-bond acceptors (Lipinski definition) is 4. The van der Waals surface area contributed by atoms with E-state index in [0.29, 0.717) is 17.9 Å². The van der Waals surface area contributed by atoms with Gasteiger partial charge in [0.15, 0.2) is 0 Å². The van der Waals surface area contributed by atoms with Crippen molar-refractivity contribution in [1.82, 2.24) is 0 Å². The highest BCUT2D eigenvalue weighted by atomic mass is 32.2. The number of hydrogen-bond donors (Lipinski definition) is 0. The zero-order chi connectivity index (χ0) is 22.0. The van der Waals surface area contributed by atoms with Gasteiger partial charge in [-0.3, -0.25) is 9.10 Å². The molecule has 6 heteroatoms. The van der Waals surface area contributed by atoms with Crippen molar-refractivity contribution in [2.24, 2.45) is 5.41 Å². The van der Waals surface area contributed by atoms with Crippen LogP contribution in [0.2, 0.25) is 0 Å². The molecule has 0 radical (unpaired) electrons. The SMILES string of the molecule is COc1ccc2c(c1)N(S(=O)(=O)c1ccc(C)cc1)CC1=C2CC[C@]2(C)C(=O)CC=C12. The van der Waals surface area contributed by atoms with Gasteiger partial charge < -0.3 is 4.74 Å². The maximum atomic E-state index is 13.7. The minimum Gasteiger partial charge on any atom is -0.497 e. The number of benzene rings is 2. The van der Waals surface area contributed by atoms with Crippen molar-refractivity contribution in [1.29, 1.82) is 0 Å². The zero-order valence-corrected chi connectivity index (χ0v) is 18.8. The summed E-state index contributed by atoms with van der Waals surface area (Å²) in [6.45, 7) is 4.15. The second-order valence-electron chi connectivity index (χ2n) is 8.74. The van der Waals surface area contributed by atoms with Crippen LogP contribution in [0.5, 0.6) is 5.75 Å². The van der Waals surface area contributed by atoms with E-state index in [1.54, 1.807) is 25.3 Å². The van der Waals surface area contributed by atoms with Crippen LogP contribution in [0.25, 0.3) is 5.57 Å². The largest absolute Gasteiger partial charge is 0.497 e. The van der Waals surface area contributed by atoms with Crippen LogP contribution in [0.15, 0.2) is 64.6 Å². The molecule has 0 saturated carbocycles. The minimum atomic E-state index is -3.80. The summed E-state index contributed by atoms with van der Waals surface area (Å²) in [6, 6.07) is 12.5. The molecule has 0 N–H and O–H groups in total. The lowest BCUT2D eigenvalue weighted by Crippen LogP contribution is -2.40. The maximum Gasteiger partial charge on any atom is 0.264 e. The zero-order valence-electron chi connectivity index (χ0n) is 17.9. The van der Waals surface area contributed by atoms with Crippen molar-refractivity contribution < 1.29 is 17.9 Å². The number of nitrogens with zero attached hydrogens (tertiary/aromatic N) is 1. The molecule has 0 amide bonds. The van der Waals surface area contributed by atoms with Crippen LogP contribution in [-0.2, 0) is 14.8 Å². The number of sulfonamides is 1. The molecule has 1 heterocycles. The molecule has 0 unspecified atom stereocenters. The number of aryl methyl sites for hydroxylation is 1. The first-order valence-electron chi connectivity index (χ1n) is 10.5. The summed E-state index contributed by atoms with van der Waals surface area (Å²) < 4.78 is 34.4. The third-order valence-corrected chi connectivity index (χ3v) is 8.75. The number of fused-ring (bicyclic) bond motifs is 4. The summed E-state index contributed by atoms with van der Waals surface area (Å²) in [5.41, 5.74) is 5.15. The molecule has 2 aliphatic carbocycles. The predicted octanol–water partition coefficient (Wildman–Crippen LogP) is 4.67. The molecule has 0 saturated heterocycles. The lowest BCUT2D eigenvalue weighted by Gasteiger charge is -2.41. The summed E-state index contributed by atoms with van der Waals surface area (Å²) in [5, 5.41) is 0. The van der Waals surface area contributed by atoms with Crippen molar-refractivity contribution in [2.45, 2.75) is 38.0 Å². The summed E-state index contributed by atoms with van der Waals surface area (Å²) >= 11 is 0. The van der Waals surface area contributed by atoms with E-state index in [0.717, 1.165) is 40.7 Å². The summed E-state index contributed by atoms with van der Waals surface area (Å²) in [5.74, 6) is 0.838. The molecule has 2 aromatic carbocycles. The number of anilines is 1. The number of Topliss-reactive ketones (excluding diaryl/α,β-unsaturated/α-hetero) is 1. The Balaban J connectivity index is 1.71. The van der Waals surface area contributed by atoms with Gasteiger partial charge >= 0.3 is 0 Å². The van der Waals surface area contributed by atoms with Crippen LogP contribution in [-0.4, -0.2) is 27.9 Å². The van der Waals surface area contributed by atoms with Gasteiger partial charge in [0.2, 0.25) is 0 Å². The summed E-state index contributed by atoms with van der Waals surface area (Å²) in [7, 11) is -2.22. The van der Waals surface area contributed by atoms with E-state index in [4.69, 9.17) is 4.74 Å². The van der Waals surface area contributed by atoms with Crippen molar-refractivity contribution in [2.75, 3.05) is 18.0 Å². The average Bonchev–Trinajstić information content (AvgIpc) is 3.07. The average molecular weight is 436 g/mol. The van der Waals surface area contributed by atoms with Crippen LogP contribution in [0.1, 0.15) is 37.3 Å². The summed E-state index contributed by atoms with van der Waals surface area (Å²) in [4.78, 5) is 12.9.